The molecule has 1 aromatic rings. The van der Waals surface area contributed by atoms with Gasteiger partial charge in [0.2, 0.25) is 5.91 Å². The number of amides is 1. The summed E-state index contributed by atoms with van der Waals surface area (Å²) < 4.78 is 0. The van der Waals surface area contributed by atoms with E-state index in [4.69, 9.17) is 16.9 Å². The molecule has 1 aromatic carbocycles. The molecule has 1 unspecified atom stereocenters. The van der Waals surface area contributed by atoms with Gasteiger partial charge in [-0.1, -0.05) is 31.9 Å². The monoisotopic (exact) mass is 307 g/mol. The van der Waals surface area contributed by atoms with Gasteiger partial charge in [0.05, 0.1) is 16.6 Å². The van der Waals surface area contributed by atoms with Crippen molar-refractivity contribution >= 4 is 23.2 Å². The normalized spacial score (nSPS) is 12.0. The number of carbonyl (C=O) groups is 1. The molecule has 0 bridgehead atoms. The van der Waals surface area contributed by atoms with Gasteiger partial charge in [0, 0.05) is 5.69 Å². The zero-order valence-electron chi connectivity index (χ0n) is 12.8. The van der Waals surface area contributed by atoms with Crippen LogP contribution in [0.5, 0.6) is 0 Å². The number of benzene rings is 1. The molecule has 0 aliphatic rings. The lowest BCUT2D eigenvalue weighted by Crippen LogP contribution is -2.42. The second-order valence-corrected chi connectivity index (χ2v) is 5.36. The van der Waals surface area contributed by atoms with Crippen LogP contribution in [0.4, 0.5) is 5.69 Å². The number of unbranched alkanes of at least 4 members (excludes halogenated alkanes) is 1. The van der Waals surface area contributed by atoms with Gasteiger partial charge < -0.3 is 5.32 Å². The number of halogens is 1. The van der Waals surface area contributed by atoms with Crippen molar-refractivity contribution in [2.75, 3.05) is 18.4 Å². The molecule has 0 fully saturated rings. The minimum atomic E-state index is -0.198. The van der Waals surface area contributed by atoms with Crippen molar-refractivity contribution in [1.82, 2.24) is 4.90 Å². The summed E-state index contributed by atoms with van der Waals surface area (Å²) in [6, 6.07) is 6.70. The fourth-order valence-electron chi connectivity index (χ4n) is 2.08. The summed E-state index contributed by atoms with van der Waals surface area (Å²) in [7, 11) is 0. The third-order valence-electron chi connectivity index (χ3n) is 3.49. The van der Waals surface area contributed by atoms with Crippen LogP contribution in [0.15, 0.2) is 18.2 Å². The number of anilines is 1. The summed E-state index contributed by atoms with van der Waals surface area (Å²) in [5.41, 5.74) is 1.02. The van der Waals surface area contributed by atoms with E-state index in [0.29, 0.717) is 16.3 Å². The van der Waals surface area contributed by atoms with Crippen molar-refractivity contribution in [1.29, 1.82) is 5.26 Å². The minimum Gasteiger partial charge on any atom is -0.325 e. The Morgan fingerprint density at radius 3 is 2.71 bits per heavy atom. The zero-order valence-corrected chi connectivity index (χ0v) is 13.6. The molecule has 0 aromatic heterocycles. The summed E-state index contributed by atoms with van der Waals surface area (Å²) in [4.78, 5) is 14.4. The van der Waals surface area contributed by atoms with Crippen molar-refractivity contribution in [3.8, 4) is 6.07 Å². The lowest BCUT2D eigenvalue weighted by atomic mass is 10.2. The van der Waals surface area contributed by atoms with Gasteiger partial charge in [-0.15, -0.1) is 0 Å². The van der Waals surface area contributed by atoms with Crippen LogP contribution in [-0.4, -0.2) is 29.9 Å². The summed E-state index contributed by atoms with van der Waals surface area (Å²) in [5.74, 6) is -0.0614. The smallest absolute Gasteiger partial charge is 0.241 e. The average Bonchev–Trinajstić information content (AvgIpc) is 2.48. The summed E-state index contributed by atoms with van der Waals surface area (Å²) in [6.45, 7) is 7.84. The topological polar surface area (TPSA) is 56.1 Å². The third-order valence-corrected chi connectivity index (χ3v) is 3.80. The molecule has 21 heavy (non-hydrogen) atoms. The molecule has 1 N–H and O–H groups in total. The number of hydrogen-bond acceptors (Lipinski definition) is 3. The van der Waals surface area contributed by atoms with E-state index in [1.807, 2.05) is 13.0 Å². The van der Waals surface area contributed by atoms with Crippen molar-refractivity contribution in [2.24, 2.45) is 0 Å². The molecule has 0 heterocycles. The van der Waals surface area contributed by atoms with Gasteiger partial charge in [-0.25, -0.2) is 0 Å². The molecule has 0 spiro atoms. The maximum atomic E-state index is 12.3. The van der Waals surface area contributed by atoms with Crippen LogP contribution in [0.2, 0.25) is 5.02 Å². The van der Waals surface area contributed by atoms with E-state index in [0.717, 1.165) is 25.9 Å². The lowest BCUT2D eigenvalue weighted by molar-refractivity contribution is -0.120. The number of nitrogens with one attached hydrogen (secondary N) is 1. The Labute approximate surface area is 131 Å². The summed E-state index contributed by atoms with van der Waals surface area (Å²) >= 11 is 5.97. The molecule has 5 heteroatoms. The minimum absolute atomic E-state index is 0.0614. The molecule has 1 rings (SSSR count). The SMILES string of the molecule is CCCCN(CC)C(C)C(=O)Nc1ccc(C#N)c(Cl)c1. The van der Waals surface area contributed by atoms with E-state index >= 15 is 0 Å². The highest BCUT2D eigenvalue weighted by Crippen LogP contribution is 2.20. The predicted octanol–water partition coefficient (Wildman–Crippen LogP) is 3.66. The van der Waals surface area contributed by atoms with E-state index in [1.54, 1.807) is 18.2 Å². The van der Waals surface area contributed by atoms with Crippen LogP contribution in [-0.2, 0) is 4.79 Å². The fraction of sp³-hybridized carbons (Fsp3) is 0.500. The number of nitrogens with zero attached hydrogens (tertiary/aromatic N) is 2. The first-order valence-corrected chi connectivity index (χ1v) is 7.65. The zero-order chi connectivity index (χ0) is 15.8. The molecule has 0 aliphatic carbocycles. The number of nitriles is 1. The highest BCUT2D eigenvalue weighted by Gasteiger charge is 2.19. The Morgan fingerprint density at radius 2 is 2.19 bits per heavy atom. The van der Waals surface area contributed by atoms with Gasteiger partial charge in [0.1, 0.15) is 6.07 Å². The maximum absolute atomic E-state index is 12.3. The number of hydrogen-bond donors (Lipinski definition) is 1. The van der Waals surface area contributed by atoms with Crippen molar-refractivity contribution in [3.63, 3.8) is 0 Å². The molecular formula is C16H22ClN3O. The Morgan fingerprint density at radius 1 is 1.48 bits per heavy atom. The molecular weight excluding hydrogens is 286 g/mol. The van der Waals surface area contributed by atoms with Crippen LogP contribution in [0, 0.1) is 11.3 Å². The third kappa shape index (κ3) is 5.04. The Hall–Kier alpha value is -1.57. The fourth-order valence-corrected chi connectivity index (χ4v) is 2.31. The van der Waals surface area contributed by atoms with Gasteiger partial charge in [-0.05, 0) is 44.6 Å². The predicted molar refractivity (Wildman–Crippen MR) is 86.4 cm³/mol. The van der Waals surface area contributed by atoms with E-state index in [1.165, 1.54) is 0 Å². The van der Waals surface area contributed by atoms with Crippen LogP contribution < -0.4 is 5.32 Å². The highest BCUT2D eigenvalue weighted by atomic mass is 35.5. The average molecular weight is 308 g/mol. The molecule has 4 nitrogen and oxygen atoms in total. The Bertz CT molecular complexity index is 525. The van der Waals surface area contributed by atoms with Crippen LogP contribution >= 0.6 is 11.6 Å². The number of rotatable bonds is 7. The van der Waals surface area contributed by atoms with Crippen molar-refractivity contribution < 1.29 is 4.79 Å². The van der Waals surface area contributed by atoms with Gasteiger partial charge in [-0.2, -0.15) is 5.26 Å². The highest BCUT2D eigenvalue weighted by molar-refractivity contribution is 6.32. The van der Waals surface area contributed by atoms with E-state index in [-0.39, 0.29) is 11.9 Å². The largest absolute Gasteiger partial charge is 0.325 e. The Balaban J connectivity index is 2.71. The van der Waals surface area contributed by atoms with Crippen molar-refractivity contribution in [3.05, 3.63) is 28.8 Å². The number of carbonyl (C=O) groups excluding carboxylic acids is 1. The maximum Gasteiger partial charge on any atom is 0.241 e. The van der Waals surface area contributed by atoms with Crippen molar-refractivity contribution in [2.45, 2.75) is 39.7 Å². The second-order valence-electron chi connectivity index (χ2n) is 4.95. The van der Waals surface area contributed by atoms with Crippen LogP contribution in [0.25, 0.3) is 0 Å². The van der Waals surface area contributed by atoms with Crippen LogP contribution in [0.3, 0.4) is 0 Å². The quantitative estimate of drug-likeness (QED) is 0.836. The molecule has 0 saturated carbocycles. The standard InChI is InChI=1S/C16H22ClN3O/c1-4-6-9-20(5-2)12(3)16(21)19-14-8-7-13(11-18)15(17)10-14/h7-8,10,12H,4-6,9H2,1-3H3,(H,19,21). The first-order chi connectivity index (χ1) is 10.0. The lowest BCUT2D eigenvalue weighted by Gasteiger charge is -2.26. The first-order valence-electron chi connectivity index (χ1n) is 7.28. The number of likely N-dealkylation sites (N-methyl/N-ethyl adjacent to an activating group) is 1. The molecule has 114 valence electrons. The summed E-state index contributed by atoms with van der Waals surface area (Å²) in [6.07, 6.45) is 2.18. The van der Waals surface area contributed by atoms with Gasteiger partial charge >= 0.3 is 0 Å². The second kappa shape index (κ2) is 8.66. The van der Waals surface area contributed by atoms with Gasteiger partial charge in [0.25, 0.3) is 0 Å². The Kier molecular flexibility index (Phi) is 7.21. The molecule has 1 amide bonds. The summed E-state index contributed by atoms with van der Waals surface area (Å²) in [5, 5.41) is 12.0. The van der Waals surface area contributed by atoms with Gasteiger partial charge in [-0.3, -0.25) is 9.69 Å². The molecule has 0 saturated heterocycles. The van der Waals surface area contributed by atoms with Gasteiger partial charge in [0.15, 0.2) is 0 Å². The van der Waals surface area contributed by atoms with Crippen LogP contribution in [0.1, 0.15) is 39.2 Å². The molecule has 0 radical (unpaired) electrons. The van der Waals surface area contributed by atoms with E-state index < -0.39 is 0 Å². The first kappa shape index (κ1) is 17.5. The molecule has 1 atom stereocenters. The van der Waals surface area contributed by atoms with E-state index in [9.17, 15) is 4.79 Å². The molecule has 0 aliphatic heterocycles. The van der Waals surface area contributed by atoms with E-state index in [2.05, 4.69) is 24.1 Å².